The summed E-state index contributed by atoms with van der Waals surface area (Å²) >= 11 is 1.28. The number of nitrogens with one attached hydrogen (secondary N) is 2. The summed E-state index contributed by atoms with van der Waals surface area (Å²) < 4.78 is 0. The van der Waals surface area contributed by atoms with Gasteiger partial charge in [-0.05, 0) is 17.5 Å². The van der Waals surface area contributed by atoms with E-state index in [1.807, 2.05) is 13.8 Å². The lowest BCUT2D eigenvalue weighted by Crippen LogP contribution is -2.26. The Kier molecular flexibility index (Phi) is 4.60. The molecule has 0 radical (unpaired) electrons. The number of hydrogen-bond acceptors (Lipinski definition) is 5. The Balaban J connectivity index is 2.49. The summed E-state index contributed by atoms with van der Waals surface area (Å²) in [5, 5.41) is 8.54. The minimum absolute atomic E-state index is 0.0852. The zero-order chi connectivity index (χ0) is 12.1. The van der Waals surface area contributed by atoms with Crippen molar-refractivity contribution in [1.82, 2.24) is 10.6 Å². The van der Waals surface area contributed by atoms with Gasteiger partial charge in [0.25, 0.3) is 0 Å². The molecule has 1 rings (SSSR count). The number of carbonyl (C=O) groups is 2. The highest BCUT2D eigenvalue weighted by Crippen LogP contribution is 2.25. The highest BCUT2D eigenvalue weighted by atomic mass is 32.2. The van der Waals surface area contributed by atoms with Crippen molar-refractivity contribution < 1.29 is 14.4 Å². The van der Waals surface area contributed by atoms with E-state index in [2.05, 4.69) is 20.6 Å². The fraction of sp³-hybridized carbons (Fsp3) is 0.667. The first-order valence-corrected chi connectivity index (χ1v) is 5.85. The monoisotopic (exact) mass is 245 g/mol. The van der Waals surface area contributed by atoms with Crippen molar-refractivity contribution in [3.63, 3.8) is 0 Å². The van der Waals surface area contributed by atoms with Gasteiger partial charge in [-0.25, -0.2) is 4.79 Å². The second-order valence-corrected chi connectivity index (χ2v) is 4.94. The fourth-order valence-corrected chi connectivity index (χ4v) is 2.32. The van der Waals surface area contributed by atoms with Crippen LogP contribution >= 0.6 is 11.8 Å². The van der Waals surface area contributed by atoms with Crippen LogP contribution in [-0.2, 0) is 9.63 Å². The predicted molar refractivity (Wildman–Crippen MR) is 62.0 cm³/mol. The number of carbonyl (C=O) groups excluding carboxylic acids is 2. The van der Waals surface area contributed by atoms with E-state index in [9.17, 15) is 9.59 Å². The first-order valence-electron chi connectivity index (χ1n) is 4.97. The van der Waals surface area contributed by atoms with Crippen molar-refractivity contribution in [1.29, 1.82) is 0 Å². The lowest BCUT2D eigenvalue weighted by atomic mass is 10.1. The summed E-state index contributed by atoms with van der Waals surface area (Å²) in [4.78, 5) is 26.7. The van der Waals surface area contributed by atoms with E-state index in [0.717, 1.165) is 6.42 Å². The SMILES string of the molecule is CNC(=O)ON=C1NC(=O)C(CC(C)C)S1. The molecule has 1 atom stereocenters. The second-order valence-electron chi connectivity index (χ2n) is 3.75. The molecule has 0 spiro atoms. The molecular weight excluding hydrogens is 230 g/mol. The molecule has 1 heterocycles. The summed E-state index contributed by atoms with van der Waals surface area (Å²) in [5.74, 6) is 0.348. The zero-order valence-electron chi connectivity index (χ0n) is 9.44. The molecule has 0 bridgehead atoms. The molecule has 0 aromatic rings. The maximum Gasteiger partial charge on any atom is 0.433 e. The number of nitrogens with zero attached hydrogens (tertiary/aromatic N) is 1. The van der Waals surface area contributed by atoms with Crippen molar-refractivity contribution in [3.8, 4) is 0 Å². The van der Waals surface area contributed by atoms with Crippen LogP contribution in [0, 0.1) is 5.92 Å². The molecule has 16 heavy (non-hydrogen) atoms. The van der Waals surface area contributed by atoms with Gasteiger partial charge in [-0.3, -0.25) is 9.63 Å². The summed E-state index contributed by atoms with van der Waals surface area (Å²) in [5.41, 5.74) is 0. The molecule has 1 saturated heterocycles. The molecule has 90 valence electrons. The number of amidine groups is 1. The van der Waals surface area contributed by atoms with Crippen LogP contribution in [0.2, 0.25) is 0 Å². The van der Waals surface area contributed by atoms with E-state index in [-0.39, 0.29) is 11.2 Å². The molecule has 2 N–H and O–H groups in total. The molecule has 0 saturated carbocycles. The lowest BCUT2D eigenvalue weighted by Gasteiger charge is -2.06. The average Bonchev–Trinajstić information content (AvgIpc) is 2.55. The van der Waals surface area contributed by atoms with Gasteiger partial charge in [0.1, 0.15) is 0 Å². The van der Waals surface area contributed by atoms with E-state index >= 15 is 0 Å². The zero-order valence-corrected chi connectivity index (χ0v) is 10.3. The number of thioether (sulfide) groups is 1. The van der Waals surface area contributed by atoms with Crippen LogP contribution in [0.4, 0.5) is 4.79 Å². The normalized spacial score (nSPS) is 22.4. The summed E-state index contributed by atoms with van der Waals surface area (Å²) in [6.07, 6.45) is 0.116. The Bertz CT molecular complexity index is 317. The Morgan fingerprint density at radius 3 is 2.94 bits per heavy atom. The van der Waals surface area contributed by atoms with Gasteiger partial charge in [-0.15, -0.1) is 0 Å². The van der Waals surface area contributed by atoms with Crippen molar-refractivity contribution in [2.45, 2.75) is 25.5 Å². The molecular formula is C9H15N3O3S. The van der Waals surface area contributed by atoms with Crippen LogP contribution in [0.25, 0.3) is 0 Å². The maximum absolute atomic E-state index is 11.5. The van der Waals surface area contributed by atoms with E-state index < -0.39 is 6.09 Å². The van der Waals surface area contributed by atoms with Gasteiger partial charge < -0.3 is 10.6 Å². The van der Waals surface area contributed by atoms with Crippen molar-refractivity contribution >= 4 is 28.9 Å². The van der Waals surface area contributed by atoms with Crippen LogP contribution in [0.5, 0.6) is 0 Å². The summed E-state index contributed by atoms with van der Waals surface area (Å²) in [6.45, 7) is 4.09. The van der Waals surface area contributed by atoms with Crippen molar-refractivity contribution in [3.05, 3.63) is 0 Å². The molecule has 1 unspecified atom stereocenters. The molecule has 0 aromatic heterocycles. The standard InChI is InChI=1S/C9H15N3O3S/c1-5(2)4-6-7(13)11-8(16-6)12-15-9(14)10-3/h5-6H,4H2,1-3H3,(H,10,14)(H,11,12,13). The van der Waals surface area contributed by atoms with Gasteiger partial charge in [0.2, 0.25) is 11.1 Å². The van der Waals surface area contributed by atoms with E-state index in [0.29, 0.717) is 11.1 Å². The molecule has 1 aliphatic rings. The third kappa shape index (κ3) is 3.73. The topological polar surface area (TPSA) is 79.8 Å². The molecule has 1 aliphatic heterocycles. The van der Waals surface area contributed by atoms with Crippen LogP contribution in [0.1, 0.15) is 20.3 Å². The molecule has 6 nitrogen and oxygen atoms in total. The first-order chi connectivity index (χ1) is 7.52. The molecule has 2 amide bonds. The Labute approximate surface area is 98.2 Å². The van der Waals surface area contributed by atoms with Gasteiger partial charge in [-0.1, -0.05) is 25.6 Å². The lowest BCUT2D eigenvalue weighted by molar-refractivity contribution is -0.119. The summed E-state index contributed by atoms with van der Waals surface area (Å²) in [7, 11) is 1.43. The van der Waals surface area contributed by atoms with Crippen molar-refractivity contribution in [2.24, 2.45) is 11.1 Å². The largest absolute Gasteiger partial charge is 0.433 e. The molecule has 1 fully saturated rings. The van der Waals surface area contributed by atoms with Gasteiger partial charge in [0, 0.05) is 7.05 Å². The van der Waals surface area contributed by atoms with Gasteiger partial charge in [-0.2, -0.15) is 0 Å². The predicted octanol–water partition coefficient (Wildman–Crippen LogP) is 0.891. The molecule has 0 aliphatic carbocycles. The molecule has 7 heteroatoms. The third-order valence-electron chi connectivity index (χ3n) is 1.88. The van der Waals surface area contributed by atoms with Crippen LogP contribution in [-0.4, -0.2) is 29.5 Å². The van der Waals surface area contributed by atoms with E-state index in [1.165, 1.54) is 18.8 Å². The van der Waals surface area contributed by atoms with Gasteiger partial charge in [0.05, 0.1) is 5.25 Å². The maximum atomic E-state index is 11.5. The van der Waals surface area contributed by atoms with Crippen LogP contribution in [0.15, 0.2) is 5.16 Å². The average molecular weight is 245 g/mol. The Morgan fingerprint density at radius 2 is 2.38 bits per heavy atom. The van der Waals surface area contributed by atoms with E-state index in [4.69, 9.17) is 0 Å². The van der Waals surface area contributed by atoms with Gasteiger partial charge >= 0.3 is 6.09 Å². The third-order valence-corrected chi connectivity index (χ3v) is 2.97. The van der Waals surface area contributed by atoms with Crippen molar-refractivity contribution in [2.75, 3.05) is 7.05 Å². The fourth-order valence-electron chi connectivity index (χ4n) is 1.16. The van der Waals surface area contributed by atoms with Crippen LogP contribution in [0.3, 0.4) is 0 Å². The number of oxime groups is 1. The van der Waals surface area contributed by atoms with E-state index in [1.54, 1.807) is 0 Å². The van der Waals surface area contributed by atoms with Gasteiger partial charge in [0.15, 0.2) is 0 Å². The number of amides is 2. The molecule has 0 aromatic carbocycles. The minimum atomic E-state index is -0.658. The quantitative estimate of drug-likeness (QED) is 0.571. The minimum Gasteiger partial charge on any atom is -0.323 e. The van der Waals surface area contributed by atoms with Crippen LogP contribution < -0.4 is 10.6 Å². The highest BCUT2D eigenvalue weighted by Gasteiger charge is 2.31. The Morgan fingerprint density at radius 1 is 1.69 bits per heavy atom. The highest BCUT2D eigenvalue weighted by molar-refractivity contribution is 8.15. The first kappa shape index (κ1) is 12.8. The number of rotatable bonds is 3. The number of hydrogen-bond donors (Lipinski definition) is 2. The second kappa shape index (κ2) is 5.74. The Hall–Kier alpha value is -1.24. The smallest absolute Gasteiger partial charge is 0.323 e. The summed E-state index contributed by atoms with van der Waals surface area (Å²) in [6, 6.07) is 0.